The molecule has 0 aliphatic carbocycles. The van der Waals surface area contributed by atoms with E-state index in [2.05, 4.69) is 0 Å². The third kappa shape index (κ3) is 5.46. The van der Waals surface area contributed by atoms with Crippen LogP contribution >= 0.6 is 0 Å². The van der Waals surface area contributed by atoms with E-state index in [4.69, 9.17) is 14.2 Å². The lowest BCUT2D eigenvalue weighted by Crippen LogP contribution is -2.60. The molecule has 4 aromatic carbocycles. The number of nitro benzene ring substituents is 1. The summed E-state index contributed by atoms with van der Waals surface area (Å²) < 4.78 is 18.4. The van der Waals surface area contributed by atoms with Crippen molar-refractivity contribution in [2.75, 3.05) is 6.61 Å². The van der Waals surface area contributed by atoms with Crippen LogP contribution in [0.3, 0.4) is 0 Å². The SMILES string of the molecule is O=[N+]([O-])c1ccc(O[C@@H]2O[C@@H](COC(c3ccccc3)(c3ccccc3)c3ccccc3)[C@H](O)[C@@H](O)[C@H]2O)cc1. The van der Waals surface area contributed by atoms with Gasteiger partial charge in [-0.05, 0) is 28.8 Å². The zero-order chi connectivity index (χ0) is 28.1. The summed E-state index contributed by atoms with van der Waals surface area (Å²) in [6.07, 6.45) is -7.11. The minimum atomic E-state index is -1.59. The first kappa shape index (κ1) is 27.4. The minimum Gasteiger partial charge on any atom is -0.462 e. The van der Waals surface area contributed by atoms with Crippen LogP contribution in [-0.2, 0) is 15.1 Å². The van der Waals surface area contributed by atoms with E-state index < -0.39 is 41.2 Å². The van der Waals surface area contributed by atoms with E-state index in [1.807, 2.05) is 91.0 Å². The van der Waals surface area contributed by atoms with Gasteiger partial charge in [0.25, 0.3) is 5.69 Å². The van der Waals surface area contributed by atoms with Gasteiger partial charge in [-0.15, -0.1) is 0 Å². The highest BCUT2D eigenvalue weighted by Gasteiger charge is 2.47. The van der Waals surface area contributed by atoms with E-state index in [9.17, 15) is 25.4 Å². The molecule has 0 saturated carbocycles. The zero-order valence-electron chi connectivity index (χ0n) is 21.4. The van der Waals surface area contributed by atoms with Crippen molar-refractivity contribution < 1.29 is 34.5 Å². The molecule has 9 heteroatoms. The van der Waals surface area contributed by atoms with Crippen LogP contribution < -0.4 is 4.74 Å². The molecule has 0 aromatic heterocycles. The molecule has 1 saturated heterocycles. The van der Waals surface area contributed by atoms with Gasteiger partial charge in [-0.2, -0.15) is 0 Å². The van der Waals surface area contributed by atoms with E-state index in [0.29, 0.717) is 0 Å². The molecular weight excluding hydrogens is 514 g/mol. The molecule has 5 rings (SSSR count). The monoisotopic (exact) mass is 543 g/mol. The van der Waals surface area contributed by atoms with Crippen molar-refractivity contribution in [3.8, 4) is 5.75 Å². The maximum atomic E-state index is 11.0. The van der Waals surface area contributed by atoms with Crippen LogP contribution in [0.4, 0.5) is 5.69 Å². The number of nitro groups is 1. The molecule has 0 unspecified atom stereocenters. The number of non-ortho nitro benzene ring substituents is 1. The van der Waals surface area contributed by atoms with E-state index in [1.54, 1.807) is 0 Å². The van der Waals surface area contributed by atoms with E-state index in [1.165, 1.54) is 24.3 Å². The lowest BCUT2D eigenvalue weighted by atomic mass is 9.80. The second kappa shape index (κ2) is 12.0. The van der Waals surface area contributed by atoms with Gasteiger partial charge in [0.2, 0.25) is 6.29 Å². The van der Waals surface area contributed by atoms with Crippen molar-refractivity contribution in [3.63, 3.8) is 0 Å². The molecule has 0 spiro atoms. The fraction of sp³-hybridized carbons (Fsp3) is 0.226. The Hall–Kier alpha value is -4.12. The summed E-state index contributed by atoms with van der Waals surface area (Å²) in [5.74, 6) is 0.185. The Balaban J connectivity index is 1.46. The molecule has 1 aliphatic rings. The summed E-state index contributed by atoms with van der Waals surface area (Å²) in [7, 11) is 0. The summed E-state index contributed by atoms with van der Waals surface area (Å²) in [4.78, 5) is 10.4. The van der Waals surface area contributed by atoms with Gasteiger partial charge in [-0.1, -0.05) is 91.0 Å². The van der Waals surface area contributed by atoms with Crippen LogP contribution in [0.2, 0.25) is 0 Å². The Kier molecular flexibility index (Phi) is 8.20. The van der Waals surface area contributed by atoms with Crippen molar-refractivity contribution in [2.45, 2.75) is 36.3 Å². The van der Waals surface area contributed by atoms with Crippen LogP contribution in [0, 0.1) is 10.1 Å². The molecular formula is C31H29NO8. The maximum absolute atomic E-state index is 11.0. The average molecular weight is 544 g/mol. The predicted molar refractivity (Wildman–Crippen MR) is 146 cm³/mol. The Morgan fingerprint density at radius 3 is 1.62 bits per heavy atom. The van der Waals surface area contributed by atoms with E-state index in [-0.39, 0.29) is 18.0 Å². The first-order valence-corrected chi connectivity index (χ1v) is 12.8. The van der Waals surface area contributed by atoms with Crippen LogP contribution in [-0.4, -0.2) is 57.6 Å². The molecule has 0 radical (unpaired) electrons. The fourth-order valence-electron chi connectivity index (χ4n) is 4.91. The number of aliphatic hydroxyl groups is 3. The number of aliphatic hydroxyl groups excluding tert-OH is 3. The average Bonchev–Trinajstić information content (AvgIpc) is 3.00. The summed E-state index contributed by atoms with van der Waals surface area (Å²) in [6, 6.07) is 34.2. The van der Waals surface area contributed by atoms with Crippen molar-refractivity contribution in [3.05, 3.63) is 142 Å². The molecule has 1 fully saturated rings. The second-order valence-electron chi connectivity index (χ2n) is 9.47. The van der Waals surface area contributed by atoms with Crippen molar-refractivity contribution >= 4 is 5.69 Å². The highest BCUT2D eigenvalue weighted by atomic mass is 16.7. The van der Waals surface area contributed by atoms with Gasteiger partial charge in [0.05, 0.1) is 11.5 Å². The molecule has 1 heterocycles. The van der Waals surface area contributed by atoms with Gasteiger partial charge in [-0.25, -0.2) is 0 Å². The third-order valence-electron chi connectivity index (χ3n) is 6.97. The summed E-state index contributed by atoms with van der Waals surface area (Å²) in [5.41, 5.74) is 1.31. The van der Waals surface area contributed by atoms with Gasteiger partial charge in [0, 0.05) is 12.1 Å². The quantitative estimate of drug-likeness (QED) is 0.165. The molecule has 3 N–H and O–H groups in total. The van der Waals surface area contributed by atoms with Crippen LogP contribution in [0.5, 0.6) is 5.75 Å². The van der Waals surface area contributed by atoms with E-state index in [0.717, 1.165) is 16.7 Å². The van der Waals surface area contributed by atoms with Gasteiger partial charge in [0.15, 0.2) is 0 Å². The number of nitrogens with zero attached hydrogens (tertiary/aromatic N) is 1. The molecule has 1 aliphatic heterocycles. The van der Waals surface area contributed by atoms with Crippen molar-refractivity contribution in [1.29, 1.82) is 0 Å². The van der Waals surface area contributed by atoms with Crippen LogP contribution in [0.25, 0.3) is 0 Å². The molecule has 5 atom stereocenters. The van der Waals surface area contributed by atoms with Gasteiger partial charge < -0.3 is 29.5 Å². The Bertz CT molecular complexity index is 1290. The Morgan fingerprint density at radius 2 is 1.18 bits per heavy atom. The summed E-state index contributed by atoms with van der Waals surface area (Å²) >= 11 is 0. The normalized spacial score (nSPS) is 22.9. The van der Waals surface area contributed by atoms with Crippen LogP contribution in [0.1, 0.15) is 16.7 Å². The Labute approximate surface area is 231 Å². The lowest BCUT2D eigenvalue weighted by Gasteiger charge is -2.42. The Morgan fingerprint density at radius 1 is 0.700 bits per heavy atom. The maximum Gasteiger partial charge on any atom is 0.269 e. The smallest absolute Gasteiger partial charge is 0.269 e. The molecule has 0 amide bonds. The van der Waals surface area contributed by atoms with Gasteiger partial charge >= 0.3 is 0 Å². The fourth-order valence-corrected chi connectivity index (χ4v) is 4.91. The lowest BCUT2D eigenvalue weighted by molar-refractivity contribution is -0.384. The van der Waals surface area contributed by atoms with Gasteiger partial charge in [-0.3, -0.25) is 10.1 Å². The van der Waals surface area contributed by atoms with Crippen molar-refractivity contribution in [2.24, 2.45) is 0 Å². The minimum absolute atomic E-state index is 0.127. The number of hydrogen-bond acceptors (Lipinski definition) is 8. The number of ether oxygens (including phenoxy) is 3. The second-order valence-corrected chi connectivity index (χ2v) is 9.47. The predicted octanol–water partition coefficient (Wildman–Crippen LogP) is 3.79. The topological polar surface area (TPSA) is 132 Å². The van der Waals surface area contributed by atoms with Crippen molar-refractivity contribution in [1.82, 2.24) is 0 Å². The molecule has 9 nitrogen and oxygen atoms in total. The van der Waals surface area contributed by atoms with E-state index >= 15 is 0 Å². The standard InChI is InChI=1S/C31H29NO8/c33-27-26(40-30(29(35)28(27)34)39-25-18-16-24(17-19-25)32(36)37)20-38-31(21-10-4-1-5-11-21,22-12-6-2-7-13-22)23-14-8-3-9-15-23/h1-19,26-30,33-35H,20H2/t26-,27-,28+,29+,30+/m0/s1. The first-order chi connectivity index (χ1) is 19.4. The molecule has 40 heavy (non-hydrogen) atoms. The zero-order valence-corrected chi connectivity index (χ0v) is 21.4. The summed E-state index contributed by atoms with van der Waals surface area (Å²) in [6.45, 7) is -0.177. The molecule has 0 bridgehead atoms. The highest BCUT2D eigenvalue weighted by molar-refractivity contribution is 5.47. The van der Waals surface area contributed by atoms with Crippen LogP contribution in [0.15, 0.2) is 115 Å². The number of rotatable bonds is 9. The van der Waals surface area contributed by atoms with Gasteiger partial charge in [0.1, 0.15) is 35.8 Å². The number of benzene rings is 4. The summed E-state index contributed by atoms with van der Waals surface area (Å²) in [5, 5.41) is 43.1. The largest absolute Gasteiger partial charge is 0.462 e. The first-order valence-electron chi connectivity index (χ1n) is 12.8. The third-order valence-corrected chi connectivity index (χ3v) is 6.97. The highest BCUT2D eigenvalue weighted by Crippen LogP contribution is 2.41. The molecule has 4 aromatic rings. The number of hydrogen-bond donors (Lipinski definition) is 3. The molecule has 206 valence electrons.